The molecule has 1 heterocycles. The number of hydrogen-bond acceptors (Lipinski definition) is 2. The van der Waals surface area contributed by atoms with Crippen LogP contribution in [0.25, 0.3) is 0 Å². The Hall–Kier alpha value is -2.49. The lowest BCUT2D eigenvalue weighted by Crippen LogP contribution is -2.33. The quantitative estimate of drug-likeness (QED) is 0.811. The molecule has 3 rings (SSSR count). The van der Waals surface area contributed by atoms with E-state index in [1.54, 1.807) is 36.4 Å². The minimum atomic E-state index is -0.299. The molecule has 2 aromatic rings. The standard InChI is InChI=1S/C17H14FNO2/c1-11(12-6-8-13(18)9-7-12)10-19-16(20)14-4-2-3-5-15(14)17(19)21/h2-9,11H,10H2,1H3. The minimum Gasteiger partial charge on any atom is -0.274 e. The molecule has 1 atom stereocenters. The molecular weight excluding hydrogens is 269 g/mol. The maximum absolute atomic E-state index is 12.9. The number of amides is 2. The first-order chi connectivity index (χ1) is 10.1. The number of rotatable bonds is 3. The zero-order valence-electron chi connectivity index (χ0n) is 11.5. The van der Waals surface area contributed by atoms with E-state index in [0.717, 1.165) is 5.56 Å². The number of halogens is 1. The average molecular weight is 283 g/mol. The van der Waals surface area contributed by atoms with Gasteiger partial charge in [0.25, 0.3) is 11.8 Å². The molecule has 0 bridgehead atoms. The molecule has 1 aliphatic rings. The maximum Gasteiger partial charge on any atom is 0.261 e. The number of carbonyl (C=O) groups excluding carboxylic acids is 2. The number of hydrogen-bond donors (Lipinski definition) is 0. The summed E-state index contributed by atoms with van der Waals surface area (Å²) in [6, 6.07) is 12.9. The van der Waals surface area contributed by atoms with Crippen LogP contribution in [0.15, 0.2) is 48.5 Å². The predicted octanol–water partition coefficient (Wildman–Crippen LogP) is 3.23. The smallest absolute Gasteiger partial charge is 0.261 e. The molecule has 1 aliphatic heterocycles. The zero-order chi connectivity index (χ0) is 15.0. The molecule has 2 aromatic carbocycles. The van der Waals surface area contributed by atoms with Crippen LogP contribution in [0.3, 0.4) is 0 Å². The molecule has 3 nitrogen and oxygen atoms in total. The van der Waals surface area contributed by atoms with Gasteiger partial charge in [-0.1, -0.05) is 31.2 Å². The van der Waals surface area contributed by atoms with E-state index in [4.69, 9.17) is 0 Å². The van der Waals surface area contributed by atoms with E-state index in [9.17, 15) is 14.0 Å². The molecule has 0 radical (unpaired) electrons. The van der Waals surface area contributed by atoms with Crippen LogP contribution in [-0.4, -0.2) is 23.3 Å². The number of benzene rings is 2. The van der Waals surface area contributed by atoms with E-state index < -0.39 is 0 Å². The molecule has 0 spiro atoms. The second-order valence-electron chi connectivity index (χ2n) is 5.22. The van der Waals surface area contributed by atoms with E-state index >= 15 is 0 Å². The van der Waals surface area contributed by atoms with E-state index in [0.29, 0.717) is 11.1 Å². The van der Waals surface area contributed by atoms with Gasteiger partial charge in [0.1, 0.15) is 5.82 Å². The third kappa shape index (κ3) is 2.33. The Morgan fingerprint density at radius 2 is 1.48 bits per heavy atom. The maximum atomic E-state index is 12.9. The van der Waals surface area contributed by atoms with Gasteiger partial charge in [0, 0.05) is 6.54 Å². The van der Waals surface area contributed by atoms with Gasteiger partial charge in [0.05, 0.1) is 11.1 Å². The topological polar surface area (TPSA) is 37.4 Å². The number of nitrogens with zero attached hydrogens (tertiary/aromatic N) is 1. The van der Waals surface area contributed by atoms with Crippen molar-refractivity contribution in [2.45, 2.75) is 12.8 Å². The lowest BCUT2D eigenvalue weighted by molar-refractivity contribution is 0.0646. The summed E-state index contributed by atoms with van der Waals surface area (Å²) >= 11 is 0. The van der Waals surface area contributed by atoms with E-state index in [1.165, 1.54) is 17.0 Å². The molecule has 106 valence electrons. The molecule has 0 saturated carbocycles. The highest BCUT2D eigenvalue weighted by atomic mass is 19.1. The van der Waals surface area contributed by atoms with Crippen molar-refractivity contribution in [3.63, 3.8) is 0 Å². The van der Waals surface area contributed by atoms with Gasteiger partial charge in [-0.25, -0.2) is 4.39 Å². The Balaban J connectivity index is 1.82. The second kappa shape index (κ2) is 5.13. The third-order valence-electron chi connectivity index (χ3n) is 3.77. The number of carbonyl (C=O) groups is 2. The Morgan fingerprint density at radius 3 is 2.00 bits per heavy atom. The van der Waals surface area contributed by atoms with Gasteiger partial charge in [0.2, 0.25) is 0 Å². The summed E-state index contributed by atoms with van der Waals surface area (Å²) in [5.74, 6) is -0.867. The van der Waals surface area contributed by atoms with Crippen molar-refractivity contribution in [2.24, 2.45) is 0 Å². The van der Waals surface area contributed by atoms with Crippen LogP contribution in [0.4, 0.5) is 4.39 Å². The number of imide groups is 1. The summed E-state index contributed by atoms with van der Waals surface area (Å²) < 4.78 is 12.9. The molecule has 0 fully saturated rings. The van der Waals surface area contributed by atoms with E-state index in [1.807, 2.05) is 6.92 Å². The minimum absolute atomic E-state index is 0.0483. The first-order valence-corrected chi connectivity index (χ1v) is 6.78. The zero-order valence-corrected chi connectivity index (χ0v) is 11.5. The fourth-order valence-electron chi connectivity index (χ4n) is 2.58. The Bertz CT molecular complexity index is 674. The van der Waals surface area contributed by atoms with Crippen molar-refractivity contribution in [1.82, 2.24) is 4.90 Å². The lowest BCUT2D eigenvalue weighted by atomic mass is 10.0. The molecule has 1 unspecified atom stereocenters. The third-order valence-corrected chi connectivity index (χ3v) is 3.77. The largest absolute Gasteiger partial charge is 0.274 e. The van der Waals surface area contributed by atoms with Crippen LogP contribution in [0, 0.1) is 5.82 Å². The predicted molar refractivity (Wildman–Crippen MR) is 76.6 cm³/mol. The van der Waals surface area contributed by atoms with Crippen LogP contribution in [0.2, 0.25) is 0 Å². The summed E-state index contributed by atoms with van der Waals surface area (Å²) in [5.41, 5.74) is 1.80. The highest BCUT2D eigenvalue weighted by molar-refractivity contribution is 6.21. The normalized spacial score (nSPS) is 15.2. The molecule has 0 aliphatic carbocycles. The van der Waals surface area contributed by atoms with Crippen LogP contribution in [-0.2, 0) is 0 Å². The van der Waals surface area contributed by atoms with Gasteiger partial charge in [0.15, 0.2) is 0 Å². The van der Waals surface area contributed by atoms with E-state index in [-0.39, 0.29) is 30.1 Å². The fraction of sp³-hybridized carbons (Fsp3) is 0.176. The van der Waals surface area contributed by atoms with Crippen molar-refractivity contribution >= 4 is 11.8 Å². The van der Waals surface area contributed by atoms with Gasteiger partial charge in [-0.3, -0.25) is 14.5 Å². The van der Waals surface area contributed by atoms with Gasteiger partial charge < -0.3 is 0 Å². The van der Waals surface area contributed by atoms with Gasteiger partial charge >= 0.3 is 0 Å². The fourth-order valence-corrected chi connectivity index (χ4v) is 2.58. The van der Waals surface area contributed by atoms with Gasteiger partial charge in [-0.2, -0.15) is 0 Å². The summed E-state index contributed by atoms with van der Waals surface area (Å²) in [5, 5.41) is 0. The number of fused-ring (bicyclic) bond motifs is 1. The van der Waals surface area contributed by atoms with Crippen molar-refractivity contribution in [3.05, 3.63) is 71.0 Å². The van der Waals surface area contributed by atoms with Crippen LogP contribution in [0.1, 0.15) is 39.1 Å². The summed E-state index contributed by atoms with van der Waals surface area (Å²) in [4.78, 5) is 25.8. The molecule has 0 saturated heterocycles. The van der Waals surface area contributed by atoms with Crippen LogP contribution >= 0.6 is 0 Å². The van der Waals surface area contributed by atoms with Crippen molar-refractivity contribution in [2.75, 3.05) is 6.54 Å². The first-order valence-electron chi connectivity index (χ1n) is 6.78. The van der Waals surface area contributed by atoms with Crippen LogP contribution < -0.4 is 0 Å². The summed E-state index contributed by atoms with van der Waals surface area (Å²) in [6.07, 6.45) is 0. The molecule has 2 amide bonds. The van der Waals surface area contributed by atoms with Crippen LogP contribution in [0.5, 0.6) is 0 Å². The van der Waals surface area contributed by atoms with Crippen molar-refractivity contribution < 1.29 is 14.0 Å². The second-order valence-corrected chi connectivity index (χ2v) is 5.22. The summed E-state index contributed by atoms with van der Waals surface area (Å²) in [6.45, 7) is 2.20. The average Bonchev–Trinajstić information content (AvgIpc) is 2.73. The summed E-state index contributed by atoms with van der Waals surface area (Å²) in [7, 11) is 0. The Labute approximate surface area is 122 Å². The SMILES string of the molecule is CC(CN1C(=O)c2ccccc2C1=O)c1ccc(F)cc1. The van der Waals surface area contributed by atoms with Gasteiger partial charge in [-0.15, -0.1) is 0 Å². The first kappa shape index (κ1) is 13.5. The van der Waals surface area contributed by atoms with E-state index in [2.05, 4.69) is 0 Å². The molecular formula is C17H14FNO2. The van der Waals surface area contributed by atoms with Crippen molar-refractivity contribution in [1.29, 1.82) is 0 Å². The lowest BCUT2D eigenvalue weighted by Gasteiger charge is -2.19. The molecule has 21 heavy (non-hydrogen) atoms. The molecule has 0 aromatic heterocycles. The molecule has 4 heteroatoms. The highest BCUT2D eigenvalue weighted by Crippen LogP contribution is 2.26. The Kier molecular flexibility index (Phi) is 3.29. The highest BCUT2D eigenvalue weighted by Gasteiger charge is 2.35. The Morgan fingerprint density at radius 1 is 0.952 bits per heavy atom. The monoisotopic (exact) mass is 283 g/mol. The van der Waals surface area contributed by atoms with Crippen molar-refractivity contribution in [3.8, 4) is 0 Å². The molecule has 0 N–H and O–H groups in total. The van der Waals surface area contributed by atoms with Gasteiger partial charge in [-0.05, 0) is 35.7 Å².